The largest absolute Gasteiger partial charge is 0.497 e. The van der Waals surface area contributed by atoms with E-state index < -0.39 is 0 Å². The van der Waals surface area contributed by atoms with E-state index in [4.69, 9.17) is 15.2 Å². The molecule has 0 saturated heterocycles. The summed E-state index contributed by atoms with van der Waals surface area (Å²) in [7, 11) is 1.64. The lowest BCUT2D eigenvalue weighted by molar-refractivity contribution is -0.122. The van der Waals surface area contributed by atoms with Crippen molar-refractivity contribution in [2.24, 2.45) is 11.7 Å². The van der Waals surface area contributed by atoms with E-state index in [0.717, 1.165) is 11.5 Å². The van der Waals surface area contributed by atoms with Crippen LogP contribution < -0.4 is 20.5 Å². The number of ether oxygens (including phenoxy) is 2. The van der Waals surface area contributed by atoms with Crippen LogP contribution in [0.2, 0.25) is 0 Å². The number of nitrogens with two attached hydrogens (primary N) is 1. The van der Waals surface area contributed by atoms with Crippen molar-refractivity contribution in [2.75, 3.05) is 20.3 Å². The molecule has 0 heterocycles. The van der Waals surface area contributed by atoms with Gasteiger partial charge in [0.25, 0.3) is 0 Å². The molecule has 1 amide bonds. The number of amides is 1. The van der Waals surface area contributed by atoms with Gasteiger partial charge in [-0.1, -0.05) is 19.3 Å². The molecule has 1 aromatic rings. The van der Waals surface area contributed by atoms with E-state index in [1.54, 1.807) is 7.11 Å². The fourth-order valence-corrected chi connectivity index (χ4v) is 3.28. The number of benzene rings is 1. The Hall–Kier alpha value is -1.75. The maximum Gasteiger partial charge on any atom is 0.220 e. The van der Waals surface area contributed by atoms with Crippen LogP contribution in [0.25, 0.3) is 0 Å². The molecule has 1 atom stereocenters. The minimum atomic E-state index is 0.0781. The lowest BCUT2D eigenvalue weighted by Crippen LogP contribution is -2.45. The molecular weight excluding hydrogens is 304 g/mol. The maximum absolute atomic E-state index is 12.1. The van der Waals surface area contributed by atoms with Gasteiger partial charge >= 0.3 is 0 Å². The zero-order chi connectivity index (χ0) is 17.2. The van der Waals surface area contributed by atoms with Crippen LogP contribution in [0.5, 0.6) is 11.5 Å². The predicted molar refractivity (Wildman–Crippen MR) is 95.3 cm³/mol. The first-order valence-corrected chi connectivity index (χ1v) is 8.99. The van der Waals surface area contributed by atoms with E-state index in [1.807, 2.05) is 24.3 Å². The van der Waals surface area contributed by atoms with Crippen LogP contribution in [0.1, 0.15) is 44.9 Å². The number of methoxy groups -OCH3 is 1. The Morgan fingerprint density at radius 3 is 2.50 bits per heavy atom. The van der Waals surface area contributed by atoms with Gasteiger partial charge in [-0.25, -0.2) is 0 Å². The van der Waals surface area contributed by atoms with Crippen molar-refractivity contribution in [3.05, 3.63) is 24.3 Å². The van der Waals surface area contributed by atoms with Crippen molar-refractivity contribution in [3.8, 4) is 11.5 Å². The molecule has 5 nitrogen and oxygen atoms in total. The Morgan fingerprint density at radius 2 is 1.88 bits per heavy atom. The van der Waals surface area contributed by atoms with Gasteiger partial charge in [-0.15, -0.1) is 0 Å². The van der Waals surface area contributed by atoms with E-state index in [9.17, 15) is 4.79 Å². The minimum Gasteiger partial charge on any atom is -0.497 e. The highest BCUT2D eigenvalue weighted by atomic mass is 16.5. The van der Waals surface area contributed by atoms with Crippen LogP contribution in [0.3, 0.4) is 0 Å². The van der Waals surface area contributed by atoms with Crippen LogP contribution >= 0.6 is 0 Å². The number of hydrogen-bond donors (Lipinski definition) is 2. The van der Waals surface area contributed by atoms with Gasteiger partial charge < -0.3 is 20.5 Å². The summed E-state index contributed by atoms with van der Waals surface area (Å²) in [5.74, 6) is 2.22. The van der Waals surface area contributed by atoms with Gasteiger partial charge in [0.2, 0.25) is 5.91 Å². The quantitative estimate of drug-likeness (QED) is 0.681. The minimum absolute atomic E-state index is 0.0781. The summed E-state index contributed by atoms with van der Waals surface area (Å²) in [5, 5.41) is 3.11. The highest BCUT2D eigenvalue weighted by Gasteiger charge is 2.23. The molecule has 1 aliphatic rings. The summed E-state index contributed by atoms with van der Waals surface area (Å²) >= 11 is 0. The monoisotopic (exact) mass is 334 g/mol. The van der Waals surface area contributed by atoms with Crippen molar-refractivity contribution < 1.29 is 14.3 Å². The van der Waals surface area contributed by atoms with Crippen LogP contribution in [0.4, 0.5) is 0 Å². The second-order valence-electron chi connectivity index (χ2n) is 6.44. The molecule has 0 aromatic heterocycles. The first-order chi connectivity index (χ1) is 11.7. The second-order valence-corrected chi connectivity index (χ2v) is 6.44. The van der Waals surface area contributed by atoms with E-state index in [0.29, 0.717) is 31.9 Å². The molecule has 0 spiro atoms. The highest BCUT2D eigenvalue weighted by Crippen LogP contribution is 2.26. The van der Waals surface area contributed by atoms with Crippen molar-refractivity contribution >= 4 is 5.91 Å². The molecule has 1 saturated carbocycles. The average Bonchev–Trinajstić information content (AvgIpc) is 2.64. The van der Waals surface area contributed by atoms with E-state index in [2.05, 4.69) is 5.32 Å². The van der Waals surface area contributed by atoms with E-state index in [-0.39, 0.29) is 11.9 Å². The molecule has 1 aliphatic carbocycles. The summed E-state index contributed by atoms with van der Waals surface area (Å²) in [5.41, 5.74) is 5.86. The Balaban J connectivity index is 1.64. The molecule has 134 valence electrons. The topological polar surface area (TPSA) is 73.6 Å². The summed E-state index contributed by atoms with van der Waals surface area (Å²) in [6.07, 6.45) is 7.36. The predicted octanol–water partition coefficient (Wildman–Crippen LogP) is 2.88. The number of hydrogen-bond acceptors (Lipinski definition) is 4. The lowest BCUT2D eigenvalue weighted by Gasteiger charge is -2.30. The Labute approximate surface area is 144 Å². The Morgan fingerprint density at radius 1 is 1.21 bits per heavy atom. The molecule has 1 unspecified atom stereocenters. The molecular formula is C19H30N2O3. The summed E-state index contributed by atoms with van der Waals surface area (Å²) in [6.45, 7) is 1.05. The third-order valence-corrected chi connectivity index (χ3v) is 4.70. The molecule has 3 N–H and O–H groups in total. The molecule has 5 heteroatoms. The maximum atomic E-state index is 12.1. The SMILES string of the molecule is COc1ccc(OCCCC(=O)NC(CN)C2CCCCC2)cc1. The van der Waals surface area contributed by atoms with Crippen LogP contribution in [0.15, 0.2) is 24.3 Å². The van der Waals surface area contributed by atoms with Gasteiger partial charge in [0.1, 0.15) is 11.5 Å². The summed E-state index contributed by atoms with van der Waals surface area (Å²) < 4.78 is 10.7. The van der Waals surface area contributed by atoms with Crippen molar-refractivity contribution in [3.63, 3.8) is 0 Å². The van der Waals surface area contributed by atoms with Gasteiger partial charge in [-0.2, -0.15) is 0 Å². The fourth-order valence-electron chi connectivity index (χ4n) is 3.28. The van der Waals surface area contributed by atoms with Gasteiger partial charge in [-0.05, 0) is 49.4 Å². The van der Waals surface area contributed by atoms with Crippen LogP contribution in [-0.2, 0) is 4.79 Å². The summed E-state index contributed by atoms with van der Waals surface area (Å²) in [6, 6.07) is 7.58. The molecule has 1 fully saturated rings. The van der Waals surface area contributed by atoms with Gasteiger partial charge in [-0.3, -0.25) is 4.79 Å². The fraction of sp³-hybridized carbons (Fsp3) is 0.632. The Bertz CT molecular complexity index is 484. The van der Waals surface area contributed by atoms with Gasteiger partial charge in [0.05, 0.1) is 13.7 Å². The standard InChI is InChI=1S/C19H30N2O3/c1-23-16-9-11-17(12-10-16)24-13-5-8-19(22)21-18(14-20)15-6-3-2-4-7-15/h9-12,15,18H,2-8,13-14,20H2,1H3,(H,21,22). The second kappa shape index (κ2) is 10.2. The zero-order valence-corrected chi connectivity index (χ0v) is 14.6. The molecule has 0 aliphatic heterocycles. The molecule has 0 radical (unpaired) electrons. The van der Waals surface area contributed by atoms with E-state index in [1.165, 1.54) is 32.1 Å². The Kier molecular flexibility index (Phi) is 7.89. The van der Waals surface area contributed by atoms with Crippen molar-refractivity contribution in [2.45, 2.75) is 51.0 Å². The number of nitrogens with one attached hydrogen (secondary N) is 1. The number of rotatable bonds is 9. The van der Waals surface area contributed by atoms with Gasteiger partial charge in [0, 0.05) is 19.0 Å². The third-order valence-electron chi connectivity index (χ3n) is 4.70. The van der Waals surface area contributed by atoms with Gasteiger partial charge in [0.15, 0.2) is 0 Å². The van der Waals surface area contributed by atoms with Crippen molar-refractivity contribution in [1.29, 1.82) is 0 Å². The van der Waals surface area contributed by atoms with Crippen LogP contribution in [-0.4, -0.2) is 32.2 Å². The summed E-state index contributed by atoms with van der Waals surface area (Å²) in [4.78, 5) is 12.1. The number of carbonyl (C=O) groups excluding carboxylic acids is 1. The smallest absolute Gasteiger partial charge is 0.220 e. The average molecular weight is 334 g/mol. The molecule has 1 aromatic carbocycles. The normalized spacial score (nSPS) is 16.4. The van der Waals surface area contributed by atoms with Crippen molar-refractivity contribution in [1.82, 2.24) is 5.32 Å². The first-order valence-electron chi connectivity index (χ1n) is 8.99. The number of carbonyl (C=O) groups is 1. The highest BCUT2D eigenvalue weighted by molar-refractivity contribution is 5.76. The van der Waals surface area contributed by atoms with Crippen LogP contribution in [0, 0.1) is 5.92 Å². The lowest BCUT2D eigenvalue weighted by atomic mass is 9.84. The molecule has 2 rings (SSSR count). The first kappa shape index (κ1) is 18.6. The van der Waals surface area contributed by atoms with E-state index >= 15 is 0 Å². The zero-order valence-electron chi connectivity index (χ0n) is 14.6. The molecule has 0 bridgehead atoms. The molecule has 24 heavy (non-hydrogen) atoms. The third kappa shape index (κ3) is 6.04.